The predicted octanol–water partition coefficient (Wildman–Crippen LogP) is 20.1. The third-order valence-electron chi connectivity index (χ3n) is 15.7. The molecule has 0 aliphatic carbocycles. The maximum Gasteiger partial charge on any atom is 0.415 e. The largest absolute Gasteiger partial charge is 0.415 e. The third-order valence-corrected chi connectivity index (χ3v) is 15.7. The van der Waals surface area contributed by atoms with Crippen LogP contribution in [0.3, 0.4) is 0 Å². The van der Waals surface area contributed by atoms with Crippen LogP contribution in [0.1, 0.15) is 55.6 Å². The predicted molar refractivity (Wildman–Crippen MR) is 316 cm³/mol. The fraction of sp³-hybridized carbons (Fsp3) is 0.127. The molecule has 12 rings (SSSR count). The molecule has 7 heteroatoms. The summed E-state index contributed by atoms with van der Waals surface area (Å²) in [6.45, 7) is 25.3. The van der Waals surface area contributed by atoms with Gasteiger partial charge in [0.1, 0.15) is 0 Å². The molecule has 78 heavy (non-hydrogen) atoms. The van der Waals surface area contributed by atoms with Crippen LogP contribution in [0.5, 0.6) is 0 Å². The molecule has 0 aliphatic heterocycles. The lowest BCUT2D eigenvalue weighted by Gasteiger charge is -2.24. The highest BCUT2D eigenvalue weighted by Gasteiger charge is 2.37. The fourth-order valence-corrected chi connectivity index (χ4v) is 12.2. The summed E-state index contributed by atoms with van der Waals surface area (Å²) in [6, 6.07) is 60.4. The molecule has 0 amide bonds. The van der Waals surface area contributed by atoms with Crippen molar-refractivity contribution in [1.29, 1.82) is 5.26 Å². The van der Waals surface area contributed by atoms with E-state index in [1.807, 2.05) is 33.4 Å². The number of rotatable bonds is 7. The van der Waals surface area contributed by atoms with Crippen molar-refractivity contribution in [3.8, 4) is 73.1 Å². The Hall–Kier alpha value is -9.43. The summed E-state index contributed by atoms with van der Waals surface area (Å²) in [6.07, 6.45) is -4.87. The van der Waals surface area contributed by atoms with E-state index in [0.29, 0.717) is 11.4 Å². The second-order valence-electron chi connectivity index (χ2n) is 21.2. The number of aromatic nitrogens is 2. The van der Waals surface area contributed by atoms with Gasteiger partial charge >= 0.3 is 6.18 Å². The number of aryl methyl sites for hydroxylation is 8. The van der Waals surface area contributed by atoms with Gasteiger partial charge in [-0.2, -0.15) is 18.4 Å². The second kappa shape index (κ2) is 18.7. The van der Waals surface area contributed by atoms with Crippen molar-refractivity contribution in [2.45, 2.75) is 61.6 Å². The highest BCUT2D eigenvalue weighted by molar-refractivity contribution is 6.15. The first-order chi connectivity index (χ1) is 37.5. The second-order valence-corrected chi connectivity index (χ2v) is 21.2. The molecule has 0 atom stereocenters. The van der Waals surface area contributed by atoms with Crippen molar-refractivity contribution in [2.24, 2.45) is 0 Å². The van der Waals surface area contributed by atoms with E-state index < -0.39 is 11.7 Å². The summed E-state index contributed by atoms with van der Waals surface area (Å²) in [4.78, 5) is 3.86. The Labute approximate surface area is 452 Å². The average molecular weight is 1020 g/mol. The molecule has 0 spiro atoms. The Morgan fingerprint density at radius 3 is 1.03 bits per heavy atom. The molecule has 2 aromatic heterocycles. The standard InChI is InChI=1S/C71H53F3N4/c1-40-13-21-53(44(5)29-40)49-17-25-63-57(35-49)58-36-50(54-22-14-41(2)30-45(54)6)18-26-64(58)77(63)67-33-48(39-75)34-68(70(67)69-61(71(72,73)74)11-10-12-62(69)76-9)78-65-27-19-51(55-23-15-42(3)31-46(55)7)37-59(65)60-38-52(20-28-66(60)78)56-24-16-43(4)32-47(56)8/h10-38H,1-8H3. The van der Waals surface area contributed by atoms with E-state index in [2.05, 4.69) is 188 Å². The lowest BCUT2D eigenvalue weighted by atomic mass is 9.92. The van der Waals surface area contributed by atoms with E-state index in [-0.39, 0.29) is 22.4 Å². The van der Waals surface area contributed by atoms with E-state index >= 15 is 13.2 Å². The van der Waals surface area contributed by atoms with Crippen LogP contribution in [-0.4, -0.2) is 9.13 Å². The van der Waals surface area contributed by atoms with Gasteiger partial charge in [-0.1, -0.05) is 138 Å². The summed E-state index contributed by atoms with van der Waals surface area (Å²) >= 11 is 0. The van der Waals surface area contributed by atoms with Crippen molar-refractivity contribution in [3.63, 3.8) is 0 Å². The van der Waals surface area contributed by atoms with Crippen molar-refractivity contribution in [1.82, 2.24) is 9.13 Å². The van der Waals surface area contributed by atoms with Crippen molar-refractivity contribution in [2.75, 3.05) is 0 Å². The summed E-state index contributed by atoms with van der Waals surface area (Å²) in [7, 11) is 0. The molecule has 0 fully saturated rings. The van der Waals surface area contributed by atoms with Gasteiger partial charge in [0.05, 0.1) is 57.2 Å². The van der Waals surface area contributed by atoms with Crippen LogP contribution in [0, 0.1) is 73.3 Å². The molecule has 0 saturated heterocycles. The van der Waals surface area contributed by atoms with Gasteiger partial charge < -0.3 is 9.13 Å². The zero-order chi connectivity index (χ0) is 54.5. The first kappa shape index (κ1) is 49.4. The quantitative estimate of drug-likeness (QED) is 0.147. The minimum atomic E-state index is -4.87. The van der Waals surface area contributed by atoms with Gasteiger partial charge in [0, 0.05) is 32.7 Å². The van der Waals surface area contributed by atoms with Crippen molar-refractivity contribution in [3.05, 3.63) is 243 Å². The molecular formula is C71H53F3N4. The average Bonchev–Trinajstić information content (AvgIpc) is 4.10. The van der Waals surface area contributed by atoms with E-state index in [4.69, 9.17) is 6.57 Å². The molecule has 4 nitrogen and oxygen atoms in total. The van der Waals surface area contributed by atoms with Gasteiger partial charge in [-0.15, -0.1) is 0 Å². The minimum absolute atomic E-state index is 0.165. The Balaban J connectivity index is 1.25. The van der Waals surface area contributed by atoms with Crippen LogP contribution in [0.25, 0.3) is 115 Å². The normalized spacial score (nSPS) is 11.8. The summed E-state index contributed by atoms with van der Waals surface area (Å²) in [5.41, 5.74) is 19.9. The van der Waals surface area contributed by atoms with Gasteiger partial charge in [0.15, 0.2) is 5.69 Å². The Morgan fingerprint density at radius 1 is 0.410 bits per heavy atom. The summed E-state index contributed by atoms with van der Waals surface area (Å²) in [5.74, 6) is 0. The van der Waals surface area contributed by atoms with E-state index in [0.717, 1.165) is 139 Å². The minimum Gasteiger partial charge on any atom is -0.309 e. The van der Waals surface area contributed by atoms with Crippen molar-refractivity contribution >= 4 is 49.3 Å². The first-order valence-corrected chi connectivity index (χ1v) is 26.1. The van der Waals surface area contributed by atoms with Crippen LogP contribution >= 0.6 is 0 Å². The highest BCUT2D eigenvalue weighted by Crippen LogP contribution is 2.51. The van der Waals surface area contributed by atoms with Gasteiger partial charge in [-0.05, 0) is 183 Å². The molecule has 0 bridgehead atoms. The molecule has 0 unspecified atom stereocenters. The van der Waals surface area contributed by atoms with E-state index in [1.165, 1.54) is 12.1 Å². The maximum atomic E-state index is 16.0. The van der Waals surface area contributed by atoms with Crippen LogP contribution in [0.4, 0.5) is 18.9 Å². The van der Waals surface area contributed by atoms with Gasteiger partial charge in [-0.3, -0.25) is 0 Å². The van der Waals surface area contributed by atoms with Gasteiger partial charge in [-0.25, -0.2) is 4.85 Å². The Morgan fingerprint density at radius 2 is 0.744 bits per heavy atom. The molecule has 2 heterocycles. The smallest absolute Gasteiger partial charge is 0.309 e. The number of alkyl halides is 3. The zero-order valence-electron chi connectivity index (χ0n) is 44.7. The Kier molecular flexibility index (Phi) is 11.8. The number of halogens is 3. The van der Waals surface area contributed by atoms with Gasteiger partial charge in [0.2, 0.25) is 0 Å². The topological polar surface area (TPSA) is 38.0 Å². The van der Waals surface area contributed by atoms with Crippen molar-refractivity contribution < 1.29 is 13.2 Å². The summed E-state index contributed by atoms with van der Waals surface area (Å²) in [5, 5.41) is 14.7. The lowest BCUT2D eigenvalue weighted by Crippen LogP contribution is -2.11. The number of hydrogen-bond donors (Lipinski definition) is 0. The monoisotopic (exact) mass is 1020 g/mol. The lowest BCUT2D eigenvalue weighted by molar-refractivity contribution is -0.137. The van der Waals surface area contributed by atoms with Crippen LogP contribution in [0.15, 0.2) is 176 Å². The summed E-state index contributed by atoms with van der Waals surface area (Å²) < 4.78 is 52.1. The number of fused-ring (bicyclic) bond motifs is 6. The van der Waals surface area contributed by atoms with Crippen LogP contribution in [-0.2, 0) is 6.18 Å². The highest BCUT2D eigenvalue weighted by atomic mass is 19.4. The van der Waals surface area contributed by atoms with Crippen LogP contribution < -0.4 is 0 Å². The van der Waals surface area contributed by atoms with Crippen LogP contribution in [0.2, 0.25) is 0 Å². The van der Waals surface area contributed by atoms with Gasteiger partial charge in [0.25, 0.3) is 0 Å². The van der Waals surface area contributed by atoms with E-state index in [1.54, 1.807) is 12.1 Å². The molecule has 12 aromatic rings. The number of hydrogen-bond acceptors (Lipinski definition) is 1. The molecule has 0 aliphatic rings. The molecule has 0 radical (unpaired) electrons. The van der Waals surface area contributed by atoms with E-state index in [9.17, 15) is 5.26 Å². The molecule has 0 saturated carbocycles. The number of nitrogens with zero attached hydrogens (tertiary/aromatic N) is 4. The molecule has 378 valence electrons. The number of benzene rings is 10. The number of nitriles is 1. The SMILES string of the molecule is [C-]#[N+]c1cccc(C(F)(F)F)c1-c1c(-n2c3ccc(-c4ccc(C)cc4C)cc3c3cc(-c4ccc(C)cc4C)ccc32)cc(C#N)cc1-n1c2ccc(-c3ccc(C)cc3C)cc2c2cc(-c3ccc(C)cc3C)ccc21. The molecular weight excluding hydrogens is 966 g/mol. The maximum absolute atomic E-state index is 16.0. The first-order valence-electron chi connectivity index (χ1n) is 26.1. The Bertz CT molecular complexity index is 4140. The fourth-order valence-electron chi connectivity index (χ4n) is 12.2. The third kappa shape index (κ3) is 8.22. The zero-order valence-corrected chi connectivity index (χ0v) is 44.7. The molecule has 0 N–H and O–H groups in total. The molecule has 10 aromatic carbocycles.